The second-order valence-electron chi connectivity index (χ2n) is 20.1. The minimum absolute atomic E-state index is 0.0222. The molecule has 5 amide bonds. The van der Waals surface area contributed by atoms with Gasteiger partial charge in [-0.25, -0.2) is 0 Å². The van der Waals surface area contributed by atoms with Crippen molar-refractivity contribution in [1.82, 2.24) is 31.1 Å². The van der Waals surface area contributed by atoms with Crippen molar-refractivity contribution in [3.8, 4) is 0 Å². The highest BCUT2D eigenvalue weighted by molar-refractivity contribution is 6.38. The molecule has 4 fully saturated rings. The van der Waals surface area contributed by atoms with Crippen LogP contribution in [0.3, 0.4) is 0 Å². The Kier molecular flexibility index (Phi) is 12.8. The van der Waals surface area contributed by atoms with Gasteiger partial charge in [0.15, 0.2) is 0 Å². The summed E-state index contributed by atoms with van der Waals surface area (Å²) in [4.78, 5) is 87.5. The van der Waals surface area contributed by atoms with E-state index in [-0.39, 0.29) is 52.6 Å². The molecule has 2 spiro atoms. The number of nitrogens with one attached hydrogen (secondary N) is 4. The van der Waals surface area contributed by atoms with Gasteiger partial charge >= 0.3 is 0 Å². The number of ketones is 1. The van der Waals surface area contributed by atoms with E-state index in [0.717, 1.165) is 45.1 Å². The van der Waals surface area contributed by atoms with E-state index in [1.165, 1.54) is 0 Å². The number of nitrogens with zero attached hydrogens (tertiary/aromatic N) is 2. The maximum atomic E-state index is 15.0. The molecule has 0 aromatic rings. The summed E-state index contributed by atoms with van der Waals surface area (Å²) in [6.07, 6.45) is 7.15. The molecule has 2 saturated heterocycles. The largest absolute Gasteiger partial charge is 0.347 e. The molecule has 0 aromatic heterocycles. The molecule has 0 bridgehead atoms. The summed E-state index contributed by atoms with van der Waals surface area (Å²) < 4.78 is 0. The van der Waals surface area contributed by atoms with Gasteiger partial charge in [-0.1, -0.05) is 81.6 Å². The fourth-order valence-corrected chi connectivity index (χ4v) is 10.2. The number of piperidine rings is 1. The zero-order valence-electron chi connectivity index (χ0n) is 35.7. The fraction of sp³-hybridized carbons (Fsp3) is 0.857. The number of Topliss-reactive ketones (excluding diaryl/α,β-unsaturated/α-hetero) is 1. The van der Waals surface area contributed by atoms with E-state index in [1.807, 2.05) is 48.5 Å². The van der Waals surface area contributed by atoms with Crippen molar-refractivity contribution in [3.63, 3.8) is 0 Å². The van der Waals surface area contributed by atoms with Crippen LogP contribution in [0.1, 0.15) is 148 Å². The van der Waals surface area contributed by atoms with Crippen LogP contribution < -0.4 is 21.3 Å². The minimum atomic E-state index is -1.02. The second kappa shape index (κ2) is 15.8. The SMILES string of the molecule is CCC[C@H](NC(=O)[C@@H]1C[C@@]2(CN1C(=O)[C@@H](NC(=O)[C@@H](NC(=O)[C@@H]1CCCCN1C(C)C)C(C)(C)C)C(C)(C)C)C(C)(C)C21CCC1)C(=O)C(=O)NC(C)C. The molecule has 2 aliphatic heterocycles. The number of hydrogen-bond acceptors (Lipinski definition) is 7. The lowest BCUT2D eigenvalue weighted by molar-refractivity contribution is -0.146. The Balaban J connectivity index is 1.64. The molecule has 12 heteroatoms. The zero-order valence-corrected chi connectivity index (χ0v) is 35.7. The number of carbonyl (C=O) groups is 6. The van der Waals surface area contributed by atoms with Crippen molar-refractivity contribution in [2.75, 3.05) is 13.1 Å². The number of hydrogen-bond donors (Lipinski definition) is 4. The van der Waals surface area contributed by atoms with E-state index < -0.39 is 58.5 Å². The Bertz CT molecular complexity index is 1460. The first-order valence-electron chi connectivity index (χ1n) is 20.7. The van der Waals surface area contributed by atoms with Gasteiger partial charge in [-0.2, -0.15) is 0 Å². The maximum absolute atomic E-state index is 15.0. The van der Waals surface area contributed by atoms with Gasteiger partial charge in [-0.3, -0.25) is 33.7 Å². The van der Waals surface area contributed by atoms with Gasteiger partial charge in [0.2, 0.25) is 29.4 Å². The zero-order chi connectivity index (χ0) is 40.8. The van der Waals surface area contributed by atoms with Crippen LogP contribution in [-0.2, 0) is 28.8 Å². The molecule has 4 N–H and O–H groups in total. The summed E-state index contributed by atoms with van der Waals surface area (Å²) in [6.45, 7) is 26.6. The van der Waals surface area contributed by atoms with E-state index in [2.05, 4.69) is 53.9 Å². The smallest absolute Gasteiger partial charge is 0.289 e. The second-order valence-corrected chi connectivity index (χ2v) is 20.1. The topological polar surface area (TPSA) is 157 Å². The first-order valence-corrected chi connectivity index (χ1v) is 20.7. The van der Waals surface area contributed by atoms with Crippen LogP contribution in [-0.4, -0.2) is 101 Å². The van der Waals surface area contributed by atoms with Crippen LogP contribution in [0.25, 0.3) is 0 Å². The molecule has 4 rings (SSSR count). The van der Waals surface area contributed by atoms with Crippen molar-refractivity contribution in [2.45, 2.75) is 190 Å². The summed E-state index contributed by atoms with van der Waals surface area (Å²) in [5.74, 6) is -2.90. The van der Waals surface area contributed by atoms with E-state index in [0.29, 0.717) is 19.4 Å². The third kappa shape index (κ3) is 8.10. The van der Waals surface area contributed by atoms with E-state index in [4.69, 9.17) is 0 Å². The summed E-state index contributed by atoms with van der Waals surface area (Å²) in [5.41, 5.74) is -1.79. The number of fused-ring (bicyclic) bond motifs is 1. The highest BCUT2D eigenvalue weighted by atomic mass is 16.2. The predicted octanol–water partition coefficient (Wildman–Crippen LogP) is 4.49. The van der Waals surface area contributed by atoms with Gasteiger partial charge in [0.25, 0.3) is 5.91 Å². The summed E-state index contributed by atoms with van der Waals surface area (Å²) in [6, 6.07) is -4.23. The standard InChI is InChI=1S/C42H72N6O6/c1-14-18-27(30(49)35(52)43-25(2)3)44-34(51)29-23-42(40(12,13)41(42)20-17-21-41)24-48(29)37(54)32(39(9,10)11)46-36(53)31(38(6,7)8)45-33(50)28-19-15-16-22-47(28)26(4)5/h25-29,31-32H,14-24H2,1-13H3,(H,43,52)(H,44,51)(H,45,50)(H,46,53)/t27-,28-,29-,31+,32+,42+/m0/s1. The van der Waals surface area contributed by atoms with Crippen LogP contribution >= 0.6 is 0 Å². The molecule has 0 radical (unpaired) electrons. The molecule has 54 heavy (non-hydrogen) atoms. The molecule has 2 heterocycles. The summed E-state index contributed by atoms with van der Waals surface area (Å²) in [7, 11) is 0. The molecule has 4 aliphatic rings. The predicted molar refractivity (Wildman–Crippen MR) is 210 cm³/mol. The number of amides is 5. The van der Waals surface area contributed by atoms with Crippen molar-refractivity contribution < 1.29 is 28.8 Å². The normalized spacial score (nSPS) is 26.5. The first kappa shape index (κ1) is 43.7. The Morgan fingerprint density at radius 1 is 0.741 bits per heavy atom. The average Bonchev–Trinajstić information content (AvgIpc) is 3.26. The van der Waals surface area contributed by atoms with Gasteiger partial charge < -0.3 is 26.2 Å². The van der Waals surface area contributed by atoms with Gasteiger partial charge in [-0.15, -0.1) is 0 Å². The Morgan fingerprint density at radius 3 is 1.81 bits per heavy atom. The number of rotatable bonds is 13. The first-order chi connectivity index (χ1) is 24.9. The molecule has 0 unspecified atom stereocenters. The molecule has 6 atom stereocenters. The van der Waals surface area contributed by atoms with Crippen LogP contribution in [0.5, 0.6) is 0 Å². The highest BCUT2D eigenvalue weighted by Crippen LogP contribution is 2.88. The fourth-order valence-electron chi connectivity index (χ4n) is 10.2. The number of carbonyl (C=O) groups excluding carboxylic acids is 6. The summed E-state index contributed by atoms with van der Waals surface area (Å²) in [5, 5.41) is 11.7. The number of likely N-dealkylation sites (tertiary alicyclic amines) is 2. The highest BCUT2D eigenvalue weighted by Gasteiger charge is 2.85. The van der Waals surface area contributed by atoms with Gasteiger partial charge in [-0.05, 0) is 94.4 Å². The van der Waals surface area contributed by atoms with Crippen LogP contribution in [0.2, 0.25) is 0 Å². The molecule has 306 valence electrons. The van der Waals surface area contributed by atoms with Crippen molar-refractivity contribution in [3.05, 3.63) is 0 Å². The van der Waals surface area contributed by atoms with E-state index in [1.54, 1.807) is 18.7 Å². The van der Waals surface area contributed by atoms with E-state index in [9.17, 15) is 24.0 Å². The maximum Gasteiger partial charge on any atom is 0.289 e. The Morgan fingerprint density at radius 2 is 1.33 bits per heavy atom. The third-order valence-corrected chi connectivity index (χ3v) is 13.6. The monoisotopic (exact) mass is 757 g/mol. The third-order valence-electron chi connectivity index (χ3n) is 13.6. The minimum Gasteiger partial charge on any atom is -0.347 e. The van der Waals surface area contributed by atoms with Gasteiger partial charge in [0.1, 0.15) is 18.1 Å². The average molecular weight is 757 g/mol. The molecule has 2 aliphatic carbocycles. The Labute approximate surface area is 324 Å². The molecule has 2 saturated carbocycles. The van der Waals surface area contributed by atoms with Crippen molar-refractivity contribution in [1.29, 1.82) is 0 Å². The molecule has 12 nitrogen and oxygen atoms in total. The molecule has 0 aromatic carbocycles. The molecular weight excluding hydrogens is 684 g/mol. The van der Waals surface area contributed by atoms with Crippen molar-refractivity contribution >= 4 is 35.3 Å². The van der Waals surface area contributed by atoms with Gasteiger partial charge in [0.05, 0.1) is 12.1 Å². The van der Waals surface area contributed by atoms with Crippen molar-refractivity contribution in [2.24, 2.45) is 27.1 Å². The van der Waals surface area contributed by atoms with E-state index >= 15 is 4.79 Å². The van der Waals surface area contributed by atoms with Crippen LogP contribution in [0.15, 0.2) is 0 Å². The van der Waals surface area contributed by atoms with Crippen LogP contribution in [0, 0.1) is 27.1 Å². The lowest BCUT2D eigenvalue weighted by Crippen LogP contribution is -2.64. The molecular formula is C42H72N6O6. The van der Waals surface area contributed by atoms with Gasteiger partial charge in [0, 0.05) is 24.0 Å². The quantitative estimate of drug-likeness (QED) is 0.202. The lowest BCUT2D eigenvalue weighted by Gasteiger charge is -2.40. The summed E-state index contributed by atoms with van der Waals surface area (Å²) >= 11 is 0. The van der Waals surface area contributed by atoms with Crippen LogP contribution in [0.4, 0.5) is 0 Å². The lowest BCUT2D eigenvalue weighted by atomic mass is 9.73. The Hall–Kier alpha value is -3.02.